The predicted molar refractivity (Wildman–Crippen MR) is 130 cm³/mol. The maximum absolute atomic E-state index is 13.2. The van der Waals surface area contributed by atoms with Gasteiger partial charge in [-0.15, -0.1) is 0 Å². The van der Waals surface area contributed by atoms with Gasteiger partial charge in [-0.2, -0.15) is 5.10 Å². The fourth-order valence-electron chi connectivity index (χ4n) is 5.38. The van der Waals surface area contributed by atoms with Crippen molar-refractivity contribution in [1.82, 2.24) is 30.2 Å². The topological polar surface area (TPSA) is 99.6 Å². The standard InChI is InChI=1S/C25H40N6O3/c1-25(24(34)27-19-11-6-5-7-12-19)18-31-21(23(33)29(25)2)17-20(28-31)22(32)26-13-10-16-30-14-8-3-4-9-15-30/h17,19H,3-16,18H2,1-2H3,(H,26,32)(H,27,34). The van der Waals surface area contributed by atoms with Gasteiger partial charge in [0.05, 0.1) is 6.54 Å². The highest BCUT2D eigenvalue weighted by Crippen LogP contribution is 2.27. The van der Waals surface area contributed by atoms with Gasteiger partial charge in [0.25, 0.3) is 11.8 Å². The summed E-state index contributed by atoms with van der Waals surface area (Å²) < 4.78 is 1.52. The Labute approximate surface area is 202 Å². The lowest BCUT2D eigenvalue weighted by atomic mass is 9.92. The number of nitrogens with zero attached hydrogens (tertiary/aromatic N) is 4. The van der Waals surface area contributed by atoms with Crippen LogP contribution in [0.3, 0.4) is 0 Å². The zero-order chi connectivity index (χ0) is 24.1. The van der Waals surface area contributed by atoms with E-state index >= 15 is 0 Å². The first kappa shape index (κ1) is 24.7. The van der Waals surface area contributed by atoms with Crippen LogP contribution in [0.25, 0.3) is 0 Å². The summed E-state index contributed by atoms with van der Waals surface area (Å²) >= 11 is 0. The van der Waals surface area contributed by atoms with Crippen LogP contribution in [-0.2, 0) is 11.3 Å². The van der Waals surface area contributed by atoms with Gasteiger partial charge < -0.3 is 20.4 Å². The van der Waals surface area contributed by atoms with E-state index in [0.29, 0.717) is 12.2 Å². The summed E-state index contributed by atoms with van der Waals surface area (Å²) in [6.45, 7) is 5.85. The number of carbonyl (C=O) groups is 3. The molecule has 0 bridgehead atoms. The van der Waals surface area contributed by atoms with Crippen LogP contribution in [0.15, 0.2) is 6.07 Å². The van der Waals surface area contributed by atoms with Gasteiger partial charge >= 0.3 is 0 Å². The molecule has 3 aliphatic rings. The quantitative estimate of drug-likeness (QED) is 0.593. The summed E-state index contributed by atoms with van der Waals surface area (Å²) in [5, 5.41) is 10.5. The summed E-state index contributed by atoms with van der Waals surface area (Å²) in [5.41, 5.74) is -0.474. The molecule has 1 atom stereocenters. The van der Waals surface area contributed by atoms with Crippen LogP contribution in [-0.4, -0.2) is 82.1 Å². The van der Waals surface area contributed by atoms with E-state index in [1.54, 1.807) is 20.0 Å². The zero-order valence-electron chi connectivity index (χ0n) is 20.8. The fourth-order valence-corrected chi connectivity index (χ4v) is 5.38. The molecule has 1 aromatic heterocycles. The molecule has 2 aliphatic heterocycles. The third-order valence-electron chi connectivity index (χ3n) is 7.80. The number of hydrogen-bond acceptors (Lipinski definition) is 5. The summed E-state index contributed by atoms with van der Waals surface area (Å²) in [7, 11) is 1.65. The van der Waals surface area contributed by atoms with Gasteiger partial charge in [0.2, 0.25) is 5.91 Å². The van der Waals surface area contributed by atoms with Crippen LogP contribution in [0.1, 0.15) is 92.1 Å². The summed E-state index contributed by atoms with van der Waals surface area (Å²) in [6.07, 6.45) is 11.4. The van der Waals surface area contributed by atoms with Crippen LogP contribution in [0, 0.1) is 0 Å². The second kappa shape index (κ2) is 10.9. The first-order valence-electron chi connectivity index (χ1n) is 13.1. The minimum absolute atomic E-state index is 0.157. The highest BCUT2D eigenvalue weighted by atomic mass is 16.2. The van der Waals surface area contributed by atoms with E-state index < -0.39 is 5.54 Å². The van der Waals surface area contributed by atoms with E-state index in [1.165, 1.54) is 41.7 Å². The van der Waals surface area contributed by atoms with Gasteiger partial charge in [0, 0.05) is 25.7 Å². The molecule has 2 fully saturated rings. The molecule has 0 spiro atoms. The molecule has 9 heteroatoms. The number of hydrogen-bond donors (Lipinski definition) is 2. The molecule has 9 nitrogen and oxygen atoms in total. The highest BCUT2D eigenvalue weighted by Gasteiger charge is 2.46. The number of carbonyl (C=O) groups excluding carboxylic acids is 3. The lowest BCUT2D eigenvalue weighted by molar-refractivity contribution is -0.133. The van der Waals surface area contributed by atoms with E-state index in [9.17, 15) is 14.4 Å². The Morgan fingerprint density at radius 1 is 1.09 bits per heavy atom. The maximum atomic E-state index is 13.2. The van der Waals surface area contributed by atoms with Crippen molar-refractivity contribution in [3.05, 3.63) is 17.5 Å². The Morgan fingerprint density at radius 2 is 1.76 bits per heavy atom. The Kier molecular flexibility index (Phi) is 7.91. The fraction of sp³-hybridized carbons (Fsp3) is 0.760. The SMILES string of the molecule is CN1C(=O)c2cc(C(=O)NCCCN3CCCCCC3)nn2CC1(C)C(=O)NC1CCCCC1. The number of amides is 3. The third kappa shape index (κ3) is 5.45. The molecule has 2 N–H and O–H groups in total. The zero-order valence-corrected chi connectivity index (χ0v) is 20.8. The minimum Gasteiger partial charge on any atom is -0.351 e. The largest absolute Gasteiger partial charge is 0.351 e. The van der Waals surface area contributed by atoms with Crippen LogP contribution in [0.4, 0.5) is 0 Å². The van der Waals surface area contributed by atoms with E-state index in [4.69, 9.17) is 0 Å². The van der Waals surface area contributed by atoms with Crippen molar-refractivity contribution in [1.29, 1.82) is 0 Å². The molecule has 4 rings (SSSR count). The van der Waals surface area contributed by atoms with E-state index in [-0.39, 0.29) is 36.0 Å². The molecule has 1 aromatic rings. The molecule has 3 heterocycles. The number of nitrogens with one attached hydrogen (secondary N) is 2. The van der Waals surface area contributed by atoms with Crippen molar-refractivity contribution in [2.75, 3.05) is 33.2 Å². The number of likely N-dealkylation sites (N-methyl/N-ethyl adjacent to an activating group) is 1. The Hall–Kier alpha value is -2.42. The highest BCUT2D eigenvalue weighted by molar-refractivity contribution is 6.01. The van der Waals surface area contributed by atoms with Gasteiger partial charge in [0.15, 0.2) is 5.69 Å². The normalized spacial score (nSPS) is 24.4. The summed E-state index contributed by atoms with van der Waals surface area (Å²) in [4.78, 5) is 42.9. The summed E-state index contributed by atoms with van der Waals surface area (Å²) in [5.74, 6) is -0.724. The molecular weight excluding hydrogens is 432 g/mol. The number of rotatable bonds is 7. The summed E-state index contributed by atoms with van der Waals surface area (Å²) in [6, 6.07) is 1.71. The second-order valence-corrected chi connectivity index (χ2v) is 10.4. The van der Waals surface area contributed by atoms with Crippen LogP contribution in [0.2, 0.25) is 0 Å². The first-order valence-corrected chi connectivity index (χ1v) is 13.1. The molecular formula is C25H40N6O3. The van der Waals surface area contributed by atoms with Gasteiger partial charge in [0.1, 0.15) is 11.2 Å². The van der Waals surface area contributed by atoms with Crippen molar-refractivity contribution >= 4 is 17.7 Å². The van der Waals surface area contributed by atoms with Gasteiger partial charge in [-0.05, 0) is 58.7 Å². The van der Waals surface area contributed by atoms with Crippen molar-refractivity contribution in [2.24, 2.45) is 0 Å². The minimum atomic E-state index is -1.05. The maximum Gasteiger partial charge on any atom is 0.272 e. The van der Waals surface area contributed by atoms with E-state index in [0.717, 1.165) is 51.7 Å². The third-order valence-corrected chi connectivity index (χ3v) is 7.80. The lowest BCUT2D eigenvalue weighted by Gasteiger charge is -2.41. The Balaban J connectivity index is 1.34. The van der Waals surface area contributed by atoms with E-state index in [2.05, 4.69) is 20.6 Å². The molecule has 188 valence electrons. The molecule has 34 heavy (non-hydrogen) atoms. The monoisotopic (exact) mass is 472 g/mol. The average Bonchev–Trinajstić information content (AvgIpc) is 3.08. The van der Waals surface area contributed by atoms with Gasteiger partial charge in [-0.3, -0.25) is 19.1 Å². The number of aromatic nitrogens is 2. The number of likely N-dealkylation sites (tertiary alicyclic amines) is 1. The Morgan fingerprint density at radius 3 is 2.47 bits per heavy atom. The molecule has 0 radical (unpaired) electrons. The molecule has 0 aromatic carbocycles. The van der Waals surface area contributed by atoms with Gasteiger partial charge in [-0.1, -0.05) is 32.1 Å². The van der Waals surface area contributed by atoms with Crippen molar-refractivity contribution in [3.8, 4) is 0 Å². The second-order valence-electron chi connectivity index (χ2n) is 10.4. The average molecular weight is 473 g/mol. The predicted octanol–water partition coefficient (Wildman–Crippen LogP) is 2.17. The molecule has 3 amide bonds. The van der Waals surface area contributed by atoms with Crippen molar-refractivity contribution < 1.29 is 14.4 Å². The van der Waals surface area contributed by atoms with Gasteiger partial charge in [-0.25, -0.2) is 0 Å². The number of fused-ring (bicyclic) bond motifs is 1. The van der Waals surface area contributed by atoms with Crippen molar-refractivity contribution in [3.63, 3.8) is 0 Å². The molecule has 1 unspecified atom stereocenters. The van der Waals surface area contributed by atoms with Crippen LogP contribution < -0.4 is 10.6 Å². The van der Waals surface area contributed by atoms with Crippen LogP contribution in [0.5, 0.6) is 0 Å². The molecule has 1 aliphatic carbocycles. The smallest absolute Gasteiger partial charge is 0.272 e. The lowest BCUT2D eigenvalue weighted by Crippen LogP contribution is -2.63. The van der Waals surface area contributed by atoms with Crippen molar-refractivity contribution in [2.45, 2.75) is 89.3 Å². The molecule has 1 saturated heterocycles. The molecule has 1 saturated carbocycles. The van der Waals surface area contributed by atoms with Crippen LogP contribution >= 0.6 is 0 Å². The first-order chi connectivity index (χ1) is 16.4. The van der Waals surface area contributed by atoms with E-state index in [1.807, 2.05) is 0 Å². The Bertz CT molecular complexity index is 885.